The van der Waals surface area contributed by atoms with E-state index in [1.54, 1.807) is 16.7 Å². The van der Waals surface area contributed by atoms with Crippen LogP contribution in [0.2, 0.25) is 0 Å². The Bertz CT molecular complexity index is 603. The van der Waals surface area contributed by atoms with Crippen LogP contribution in [0.1, 0.15) is 18.5 Å². The fraction of sp³-hybridized carbons (Fsp3) is 0.500. The van der Waals surface area contributed by atoms with Gasteiger partial charge in [-0.05, 0) is 12.8 Å². The summed E-state index contributed by atoms with van der Waals surface area (Å²) in [6.07, 6.45) is 3.82. The topological polar surface area (TPSA) is 63.6 Å². The van der Waals surface area contributed by atoms with Crippen molar-refractivity contribution < 1.29 is 0 Å². The lowest BCUT2D eigenvalue weighted by Crippen LogP contribution is -2.39. The molecule has 1 fully saturated rings. The molecule has 5 nitrogen and oxygen atoms in total. The van der Waals surface area contributed by atoms with Crippen LogP contribution in [0.3, 0.4) is 0 Å². The van der Waals surface area contributed by atoms with Crippen LogP contribution in [0.5, 0.6) is 0 Å². The monoisotopic (exact) mass is 300 g/mol. The number of piperidine rings is 1. The zero-order valence-electron chi connectivity index (χ0n) is 10.5. The predicted octanol–water partition coefficient (Wildman–Crippen LogP) is 1.10. The molecular weight excluding hydrogens is 284 g/mol. The third kappa shape index (κ3) is 3.14. The molecule has 3 heterocycles. The molecular formula is C12H17ClN4OS. The van der Waals surface area contributed by atoms with Crippen LogP contribution in [0, 0.1) is 0 Å². The largest absolute Gasteiger partial charge is 0.328 e. The molecule has 2 aromatic heterocycles. The maximum absolute atomic E-state index is 11.8. The molecule has 0 spiro atoms. The van der Waals surface area contributed by atoms with Gasteiger partial charge in [-0.25, -0.2) is 4.98 Å². The van der Waals surface area contributed by atoms with Gasteiger partial charge in [0.2, 0.25) is 0 Å². The van der Waals surface area contributed by atoms with Gasteiger partial charge in [0.15, 0.2) is 4.96 Å². The van der Waals surface area contributed by atoms with Crippen molar-refractivity contribution in [3.8, 4) is 0 Å². The minimum atomic E-state index is 0. The van der Waals surface area contributed by atoms with Crippen LogP contribution in [-0.4, -0.2) is 33.4 Å². The van der Waals surface area contributed by atoms with Crippen LogP contribution < -0.4 is 11.3 Å². The number of nitrogens with zero attached hydrogens (tertiary/aromatic N) is 3. The third-order valence-electron chi connectivity index (χ3n) is 3.37. The van der Waals surface area contributed by atoms with E-state index >= 15 is 0 Å². The molecule has 19 heavy (non-hydrogen) atoms. The van der Waals surface area contributed by atoms with Crippen LogP contribution in [0.25, 0.3) is 4.96 Å². The first kappa shape index (κ1) is 14.5. The molecule has 1 aliphatic rings. The molecule has 0 unspecified atom stereocenters. The van der Waals surface area contributed by atoms with E-state index in [1.807, 2.05) is 5.38 Å². The number of likely N-dealkylation sites (tertiary alicyclic amines) is 1. The van der Waals surface area contributed by atoms with Gasteiger partial charge in [-0.2, -0.15) is 0 Å². The van der Waals surface area contributed by atoms with Gasteiger partial charge in [0.05, 0.1) is 5.69 Å². The summed E-state index contributed by atoms with van der Waals surface area (Å²) in [6, 6.07) is 1.97. The number of halogens is 1. The van der Waals surface area contributed by atoms with E-state index in [0.717, 1.165) is 43.1 Å². The Morgan fingerprint density at radius 2 is 2.16 bits per heavy atom. The van der Waals surface area contributed by atoms with Crippen molar-refractivity contribution in [2.24, 2.45) is 5.73 Å². The van der Waals surface area contributed by atoms with Gasteiger partial charge in [0, 0.05) is 43.3 Å². The highest BCUT2D eigenvalue weighted by Crippen LogP contribution is 2.12. The van der Waals surface area contributed by atoms with E-state index in [2.05, 4.69) is 9.88 Å². The Morgan fingerprint density at radius 1 is 1.42 bits per heavy atom. The standard InChI is InChI=1S/C12H16N4OS.ClH/c13-9-1-3-15(4-2-9)8-10-7-11(17)16-5-6-18-12(16)14-10;/h5-7,9H,1-4,8,13H2;1H. The lowest BCUT2D eigenvalue weighted by atomic mass is 10.1. The Balaban J connectivity index is 0.00000133. The zero-order chi connectivity index (χ0) is 12.5. The van der Waals surface area contributed by atoms with E-state index in [1.165, 1.54) is 11.3 Å². The quantitative estimate of drug-likeness (QED) is 0.902. The lowest BCUT2D eigenvalue weighted by molar-refractivity contribution is 0.203. The maximum Gasteiger partial charge on any atom is 0.258 e. The van der Waals surface area contributed by atoms with Gasteiger partial charge >= 0.3 is 0 Å². The van der Waals surface area contributed by atoms with E-state index in [-0.39, 0.29) is 18.0 Å². The Hall–Kier alpha value is -0.950. The molecule has 0 aromatic carbocycles. The minimum absolute atomic E-state index is 0. The van der Waals surface area contributed by atoms with Crippen molar-refractivity contribution in [3.05, 3.63) is 33.7 Å². The molecule has 0 saturated carbocycles. The number of thiazole rings is 1. The van der Waals surface area contributed by atoms with E-state index in [0.29, 0.717) is 6.04 Å². The molecule has 104 valence electrons. The van der Waals surface area contributed by atoms with Crippen molar-refractivity contribution in [2.75, 3.05) is 13.1 Å². The smallest absolute Gasteiger partial charge is 0.258 e. The van der Waals surface area contributed by atoms with Gasteiger partial charge in [-0.3, -0.25) is 14.1 Å². The van der Waals surface area contributed by atoms with Crippen LogP contribution in [0.4, 0.5) is 0 Å². The third-order valence-corrected chi connectivity index (χ3v) is 4.13. The summed E-state index contributed by atoms with van der Waals surface area (Å²) in [4.78, 5) is 19.4. The average molecular weight is 301 g/mol. The minimum Gasteiger partial charge on any atom is -0.328 e. The second kappa shape index (κ2) is 6.00. The first-order chi connectivity index (χ1) is 8.72. The summed E-state index contributed by atoms with van der Waals surface area (Å²) in [6.45, 7) is 2.73. The molecule has 0 radical (unpaired) electrons. The summed E-state index contributed by atoms with van der Waals surface area (Å²) in [5.41, 5.74) is 6.74. The molecule has 1 aliphatic heterocycles. The van der Waals surface area contributed by atoms with Crippen LogP contribution in [-0.2, 0) is 6.54 Å². The molecule has 3 rings (SSSR count). The number of hydrogen-bond donors (Lipinski definition) is 1. The molecule has 7 heteroatoms. The number of fused-ring (bicyclic) bond motifs is 1. The highest BCUT2D eigenvalue weighted by Gasteiger charge is 2.16. The molecule has 2 N–H and O–H groups in total. The first-order valence-corrected chi connectivity index (χ1v) is 7.04. The van der Waals surface area contributed by atoms with Gasteiger partial charge in [0.1, 0.15) is 0 Å². The van der Waals surface area contributed by atoms with Crippen molar-refractivity contribution >= 4 is 28.7 Å². The van der Waals surface area contributed by atoms with Crippen LogP contribution >= 0.6 is 23.7 Å². The highest BCUT2D eigenvalue weighted by molar-refractivity contribution is 7.15. The molecule has 0 atom stereocenters. The Morgan fingerprint density at radius 3 is 2.89 bits per heavy atom. The van der Waals surface area contributed by atoms with Gasteiger partial charge in [0.25, 0.3) is 5.56 Å². The highest BCUT2D eigenvalue weighted by atomic mass is 35.5. The van der Waals surface area contributed by atoms with Gasteiger partial charge in [-0.15, -0.1) is 23.7 Å². The molecule has 0 amide bonds. The summed E-state index contributed by atoms with van der Waals surface area (Å²) < 4.78 is 1.58. The average Bonchev–Trinajstić information content (AvgIpc) is 2.81. The van der Waals surface area contributed by atoms with E-state index < -0.39 is 0 Å². The van der Waals surface area contributed by atoms with Crippen molar-refractivity contribution in [2.45, 2.75) is 25.4 Å². The van der Waals surface area contributed by atoms with E-state index in [9.17, 15) is 4.79 Å². The molecule has 2 aromatic rings. The molecule has 0 aliphatic carbocycles. The predicted molar refractivity (Wildman–Crippen MR) is 79.1 cm³/mol. The van der Waals surface area contributed by atoms with Crippen molar-refractivity contribution in [1.82, 2.24) is 14.3 Å². The molecule has 0 bridgehead atoms. The summed E-state index contributed by atoms with van der Waals surface area (Å²) in [5, 5.41) is 1.88. The summed E-state index contributed by atoms with van der Waals surface area (Å²) in [7, 11) is 0. The van der Waals surface area contributed by atoms with Crippen molar-refractivity contribution in [3.63, 3.8) is 0 Å². The number of rotatable bonds is 2. The van der Waals surface area contributed by atoms with Crippen molar-refractivity contribution in [1.29, 1.82) is 0 Å². The molecule has 1 saturated heterocycles. The van der Waals surface area contributed by atoms with E-state index in [4.69, 9.17) is 5.73 Å². The number of hydrogen-bond acceptors (Lipinski definition) is 5. The maximum atomic E-state index is 11.8. The van der Waals surface area contributed by atoms with Crippen LogP contribution in [0.15, 0.2) is 22.4 Å². The van der Waals surface area contributed by atoms with Gasteiger partial charge in [-0.1, -0.05) is 0 Å². The summed E-state index contributed by atoms with van der Waals surface area (Å²) >= 11 is 1.49. The zero-order valence-corrected chi connectivity index (χ0v) is 12.1. The SMILES string of the molecule is Cl.NC1CCN(Cc2cc(=O)n3ccsc3n2)CC1. The fourth-order valence-electron chi connectivity index (χ4n) is 2.31. The Labute approximate surface area is 121 Å². The lowest BCUT2D eigenvalue weighted by Gasteiger charge is -2.29. The summed E-state index contributed by atoms with van der Waals surface area (Å²) in [5.74, 6) is 0. The number of nitrogens with two attached hydrogens (primary N) is 1. The fourth-order valence-corrected chi connectivity index (χ4v) is 3.05. The second-order valence-corrected chi connectivity index (χ2v) is 5.63. The second-order valence-electron chi connectivity index (χ2n) is 4.75. The van der Waals surface area contributed by atoms with Gasteiger partial charge < -0.3 is 5.73 Å². The number of aromatic nitrogens is 2. The Kier molecular flexibility index (Phi) is 4.57. The normalized spacial score (nSPS) is 17.5. The first-order valence-electron chi connectivity index (χ1n) is 6.16.